The van der Waals surface area contributed by atoms with Crippen molar-refractivity contribution in [2.45, 2.75) is 64.0 Å². The molecule has 0 heterocycles. The van der Waals surface area contributed by atoms with Crippen molar-refractivity contribution in [3.05, 3.63) is 0 Å². The molecule has 0 radical (unpaired) electrons. The highest BCUT2D eigenvalue weighted by Crippen LogP contribution is 2.34. The van der Waals surface area contributed by atoms with Gasteiger partial charge < -0.3 is 16.2 Å². The fourth-order valence-corrected chi connectivity index (χ4v) is 3.00. The Morgan fingerprint density at radius 2 is 2.31 bits per heavy atom. The van der Waals surface area contributed by atoms with Gasteiger partial charge in [0.1, 0.15) is 0 Å². The lowest BCUT2D eigenvalue weighted by atomic mass is 9.74. The first-order valence-corrected chi connectivity index (χ1v) is 6.74. The second-order valence-corrected chi connectivity index (χ2v) is 5.41. The van der Waals surface area contributed by atoms with Gasteiger partial charge >= 0.3 is 0 Å². The number of hydrogen-bond acceptors (Lipinski definition) is 3. The van der Waals surface area contributed by atoms with Crippen LogP contribution < -0.4 is 11.1 Å². The number of rotatable bonds is 6. The first kappa shape index (κ1) is 13.9. The highest BCUT2D eigenvalue weighted by Gasteiger charge is 2.35. The molecule has 0 aromatic carbocycles. The van der Waals surface area contributed by atoms with Crippen molar-refractivity contribution in [3.63, 3.8) is 0 Å². The van der Waals surface area contributed by atoms with Gasteiger partial charge in [-0.2, -0.15) is 0 Å². The Kier molecular flexibility index (Phi) is 5.73. The minimum Gasteiger partial charge on any atom is -0.396 e. The van der Waals surface area contributed by atoms with Gasteiger partial charge in [-0.3, -0.25) is 0 Å². The fourth-order valence-electron chi connectivity index (χ4n) is 3.00. The van der Waals surface area contributed by atoms with E-state index in [2.05, 4.69) is 19.2 Å². The quantitative estimate of drug-likeness (QED) is 0.648. The largest absolute Gasteiger partial charge is 0.396 e. The van der Waals surface area contributed by atoms with Gasteiger partial charge in [-0.25, -0.2) is 0 Å². The summed E-state index contributed by atoms with van der Waals surface area (Å²) in [6.45, 7) is 5.39. The maximum atomic E-state index is 8.95. The molecule has 1 rings (SSSR count). The van der Waals surface area contributed by atoms with Crippen molar-refractivity contribution in [2.75, 3.05) is 13.2 Å². The molecule has 0 bridgehead atoms. The van der Waals surface area contributed by atoms with E-state index in [-0.39, 0.29) is 12.1 Å². The van der Waals surface area contributed by atoms with E-state index in [0.717, 1.165) is 18.9 Å². The Labute approximate surface area is 99.8 Å². The zero-order chi connectivity index (χ0) is 12.0. The first-order chi connectivity index (χ1) is 7.65. The van der Waals surface area contributed by atoms with Crippen LogP contribution in [0, 0.1) is 5.92 Å². The van der Waals surface area contributed by atoms with Gasteiger partial charge in [0.15, 0.2) is 0 Å². The number of aliphatic hydroxyl groups is 1. The molecule has 96 valence electrons. The predicted octanol–water partition coefficient (Wildman–Crippen LogP) is 1.64. The summed E-state index contributed by atoms with van der Waals surface area (Å²) < 4.78 is 0. The molecule has 0 aliphatic heterocycles. The van der Waals surface area contributed by atoms with Crippen LogP contribution in [0.15, 0.2) is 0 Å². The van der Waals surface area contributed by atoms with Crippen LogP contribution in [0.3, 0.4) is 0 Å². The number of nitrogens with one attached hydrogen (secondary N) is 1. The molecule has 3 heteroatoms. The molecule has 3 unspecified atom stereocenters. The van der Waals surface area contributed by atoms with Crippen LogP contribution in [-0.2, 0) is 0 Å². The van der Waals surface area contributed by atoms with Gasteiger partial charge in [0.05, 0.1) is 0 Å². The number of nitrogens with two attached hydrogens (primary N) is 1. The minimum absolute atomic E-state index is 0.132. The molecule has 0 spiro atoms. The van der Waals surface area contributed by atoms with Crippen molar-refractivity contribution in [1.82, 2.24) is 5.32 Å². The Hall–Kier alpha value is -0.120. The lowest BCUT2D eigenvalue weighted by molar-refractivity contribution is 0.156. The summed E-state index contributed by atoms with van der Waals surface area (Å²) in [5.41, 5.74) is 6.11. The second-order valence-electron chi connectivity index (χ2n) is 5.41. The maximum absolute atomic E-state index is 8.95. The summed E-state index contributed by atoms with van der Waals surface area (Å²) in [5, 5.41) is 12.6. The standard InChI is InChI=1S/C13H28N2O/c1-3-12-5-4-7-13(9-12,10-14)15-11(2)6-8-16/h11-12,15-16H,3-10,14H2,1-2H3. The van der Waals surface area contributed by atoms with Gasteiger partial charge in [0.2, 0.25) is 0 Å². The third-order valence-corrected chi connectivity index (χ3v) is 4.03. The summed E-state index contributed by atoms with van der Waals surface area (Å²) in [4.78, 5) is 0. The van der Waals surface area contributed by atoms with Crippen LogP contribution in [-0.4, -0.2) is 29.8 Å². The molecule has 1 fully saturated rings. The molecule has 0 saturated heterocycles. The van der Waals surface area contributed by atoms with Crippen molar-refractivity contribution >= 4 is 0 Å². The molecule has 3 atom stereocenters. The molecule has 0 amide bonds. The molecular formula is C13H28N2O. The summed E-state index contributed by atoms with van der Waals surface area (Å²) in [6, 6.07) is 0.365. The highest BCUT2D eigenvalue weighted by molar-refractivity contribution is 4.95. The molecule has 1 aliphatic carbocycles. The van der Waals surface area contributed by atoms with Crippen LogP contribution in [0.2, 0.25) is 0 Å². The molecule has 0 aromatic heterocycles. The molecule has 4 N–H and O–H groups in total. The van der Waals surface area contributed by atoms with Crippen LogP contribution >= 0.6 is 0 Å². The molecule has 1 saturated carbocycles. The summed E-state index contributed by atoms with van der Waals surface area (Å²) in [7, 11) is 0. The van der Waals surface area contributed by atoms with E-state index < -0.39 is 0 Å². The zero-order valence-electron chi connectivity index (χ0n) is 10.8. The van der Waals surface area contributed by atoms with E-state index in [1.165, 1.54) is 32.1 Å². The van der Waals surface area contributed by atoms with Crippen LogP contribution in [0.5, 0.6) is 0 Å². The average Bonchev–Trinajstić information content (AvgIpc) is 2.29. The molecular weight excluding hydrogens is 200 g/mol. The van der Waals surface area contributed by atoms with Crippen LogP contribution in [0.1, 0.15) is 52.4 Å². The Morgan fingerprint density at radius 1 is 1.56 bits per heavy atom. The van der Waals surface area contributed by atoms with Crippen molar-refractivity contribution < 1.29 is 5.11 Å². The van der Waals surface area contributed by atoms with E-state index in [1.54, 1.807) is 0 Å². The average molecular weight is 228 g/mol. The Morgan fingerprint density at radius 3 is 2.88 bits per heavy atom. The third-order valence-electron chi connectivity index (χ3n) is 4.03. The Balaban J connectivity index is 2.54. The SMILES string of the molecule is CCC1CCCC(CN)(NC(C)CCO)C1. The third kappa shape index (κ3) is 3.72. The van der Waals surface area contributed by atoms with Crippen molar-refractivity contribution in [2.24, 2.45) is 11.7 Å². The van der Waals surface area contributed by atoms with Crippen LogP contribution in [0.25, 0.3) is 0 Å². The molecule has 16 heavy (non-hydrogen) atoms. The fraction of sp³-hybridized carbons (Fsp3) is 1.00. The number of aliphatic hydroxyl groups excluding tert-OH is 1. The lowest BCUT2D eigenvalue weighted by Gasteiger charge is -2.43. The first-order valence-electron chi connectivity index (χ1n) is 6.74. The van der Waals surface area contributed by atoms with Gasteiger partial charge in [-0.15, -0.1) is 0 Å². The number of hydrogen-bond donors (Lipinski definition) is 3. The normalized spacial score (nSPS) is 32.6. The minimum atomic E-state index is 0.132. The van der Waals surface area contributed by atoms with Crippen molar-refractivity contribution in [3.8, 4) is 0 Å². The highest BCUT2D eigenvalue weighted by atomic mass is 16.3. The van der Waals surface area contributed by atoms with Gasteiger partial charge in [-0.05, 0) is 32.1 Å². The summed E-state index contributed by atoms with van der Waals surface area (Å²) in [5.74, 6) is 0.825. The van der Waals surface area contributed by atoms with Crippen molar-refractivity contribution in [1.29, 1.82) is 0 Å². The predicted molar refractivity (Wildman–Crippen MR) is 68.3 cm³/mol. The van der Waals surface area contributed by atoms with Gasteiger partial charge in [-0.1, -0.05) is 26.2 Å². The summed E-state index contributed by atoms with van der Waals surface area (Å²) >= 11 is 0. The van der Waals surface area contributed by atoms with E-state index in [4.69, 9.17) is 10.8 Å². The topological polar surface area (TPSA) is 58.3 Å². The second kappa shape index (κ2) is 6.58. The van der Waals surface area contributed by atoms with Gasteiger partial charge in [0, 0.05) is 24.7 Å². The monoisotopic (exact) mass is 228 g/mol. The van der Waals surface area contributed by atoms with E-state index in [9.17, 15) is 0 Å². The van der Waals surface area contributed by atoms with Gasteiger partial charge in [0.25, 0.3) is 0 Å². The Bertz CT molecular complexity index is 198. The molecule has 1 aliphatic rings. The van der Waals surface area contributed by atoms with Crippen LogP contribution in [0.4, 0.5) is 0 Å². The van der Waals surface area contributed by atoms with E-state index >= 15 is 0 Å². The smallest absolute Gasteiger partial charge is 0.0445 e. The molecule has 3 nitrogen and oxygen atoms in total. The van der Waals surface area contributed by atoms with E-state index in [0.29, 0.717) is 6.04 Å². The maximum Gasteiger partial charge on any atom is 0.0445 e. The zero-order valence-corrected chi connectivity index (χ0v) is 10.8. The summed E-state index contributed by atoms with van der Waals surface area (Å²) in [6.07, 6.45) is 7.12. The lowest BCUT2D eigenvalue weighted by Crippen LogP contribution is -2.57. The van der Waals surface area contributed by atoms with E-state index in [1.807, 2.05) is 0 Å². The molecule has 0 aromatic rings.